The summed E-state index contributed by atoms with van der Waals surface area (Å²) < 4.78 is 1.09. The highest BCUT2D eigenvalue weighted by Gasteiger charge is 2.04. The zero-order chi connectivity index (χ0) is 10.6. The maximum Gasteiger partial charge on any atom is 0.0410 e. The molecule has 0 unspecified atom stereocenters. The molecule has 0 radical (unpaired) electrons. The summed E-state index contributed by atoms with van der Waals surface area (Å²) in [4.78, 5) is 2.16. The van der Waals surface area contributed by atoms with E-state index < -0.39 is 0 Å². The third-order valence-corrected chi connectivity index (χ3v) is 2.97. The summed E-state index contributed by atoms with van der Waals surface area (Å²) in [6.45, 7) is 2.42. The van der Waals surface area contributed by atoms with Crippen molar-refractivity contribution in [3.8, 4) is 0 Å². The fraction of sp³-hybridized carbons (Fsp3) is 0.400. The second-order valence-electron chi connectivity index (χ2n) is 3.26. The van der Waals surface area contributed by atoms with Crippen molar-refractivity contribution in [2.24, 2.45) is 5.73 Å². The molecule has 0 saturated heterocycles. The molecular weight excluding hydrogens is 263 g/mol. The van der Waals surface area contributed by atoms with E-state index in [1.807, 2.05) is 25.2 Å². The quantitative estimate of drug-likeness (QED) is 0.916. The van der Waals surface area contributed by atoms with E-state index in [-0.39, 0.29) is 0 Å². The molecule has 4 heteroatoms. The average molecular weight is 278 g/mol. The fourth-order valence-corrected chi connectivity index (χ4v) is 1.82. The molecule has 0 saturated carbocycles. The lowest BCUT2D eigenvalue weighted by molar-refractivity contribution is 0.335. The van der Waals surface area contributed by atoms with Gasteiger partial charge in [0.15, 0.2) is 0 Å². The Morgan fingerprint density at radius 1 is 1.50 bits per heavy atom. The molecule has 0 aliphatic carbocycles. The van der Waals surface area contributed by atoms with Crippen LogP contribution in [0.5, 0.6) is 0 Å². The standard InChI is InChI=1S/C10H14BrClN2/c1-14(5-4-13)7-8-6-9(12)2-3-10(8)11/h2-3,6H,4-5,7,13H2,1H3. The van der Waals surface area contributed by atoms with Crippen molar-refractivity contribution in [3.05, 3.63) is 33.3 Å². The van der Waals surface area contributed by atoms with Gasteiger partial charge in [0.25, 0.3) is 0 Å². The smallest absolute Gasteiger partial charge is 0.0410 e. The Morgan fingerprint density at radius 3 is 2.86 bits per heavy atom. The van der Waals surface area contributed by atoms with Gasteiger partial charge in [0, 0.05) is 29.1 Å². The molecule has 1 aromatic carbocycles. The van der Waals surface area contributed by atoms with Gasteiger partial charge >= 0.3 is 0 Å². The van der Waals surface area contributed by atoms with Gasteiger partial charge in [0.05, 0.1) is 0 Å². The van der Waals surface area contributed by atoms with Gasteiger partial charge in [0.1, 0.15) is 0 Å². The van der Waals surface area contributed by atoms with Crippen LogP contribution in [0.15, 0.2) is 22.7 Å². The predicted molar refractivity (Wildman–Crippen MR) is 64.5 cm³/mol. The predicted octanol–water partition coefficient (Wildman–Crippen LogP) is 2.49. The monoisotopic (exact) mass is 276 g/mol. The van der Waals surface area contributed by atoms with E-state index in [4.69, 9.17) is 17.3 Å². The van der Waals surface area contributed by atoms with E-state index in [0.29, 0.717) is 6.54 Å². The summed E-state index contributed by atoms with van der Waals surface area (Å²) in [7, 11) is 2.04. The van der Waals surface area contributed by atoms with Crippen LogP contribution in [0, 0.1) is 0 Å². The SMILES string of the molecule is CN(CCN)Cc1cc(Cl)ccc1Br. The second-order valence-corrected chi connectivity index (χ2v) is 4.55. The molecule has 0 aliphatic rings. The average Bonchev–Trinajstić information content (AvgIpc) is 2.12. The molecule has 1 rings (SSSR count). The van der Waals surface area contributed by atoms with Crippen molar-refractivity contribution in [1.29, 1.82) is 0 Å². The van der Waals surface area contributed by atoms with Gasteiger partial charge in [-0.05, 0) is 30.8 Å². The van der Waals surface area contributed by atoms with Gasteiger partial charge in [-0.2, -0.15) is 0 Å². The van der Waals surface area contributed by atoms with E-state index in [2.05, 4.69) is 20.8 Å². The molecule has 0 fully saturated rings. The van der Waals surface area contributed by atoms with Crippen molar-refractivity contribution in [1.82, 2.24) is 4.90 Å². The number of hydrogen-bond acceptors (Lipinski definition) is 2. The lowest BCUT2D eigenvalue weighted by atomic mass is 10.2. The molecule has 14 heavy (non-hydrogen) atoms. The highest BCUT2D eigenvalue weighted by Crippen LogP contribution is 2.22. The van der Waals surface area contributed by atoms with E-state index in [9.17, 15) is 0 Å². The Hall–Kier alpha value is -0.0900. The summed E-state index contributed by atoms with van der Waals surface area (Å²) in [6, 6.07) is 5.81. The number of halogens is 2. The Morgan fingerprint density at radius 2 is 2.21 bits per heavy atom. The van der Waals surface area contributed by atoms with Gasteiger partial charge in [-0.3, -0.25) is 0 Å². The third-order valence-electron chi connectivity index (χ3n) is 1.96. The normalized spacial score (nSPS) is 10.9. The highest BCUT2D eigenvalue weighted by atomic mass is 79.9. The highest BCUT2D eigenvalue weighted by molar-refractivity contribution is 9.10. The Balaban J connectivity index is 2.70. The van der Waals surface area contributed by atoms with E-state index in [0.717, 1.165) is 22.6 Å². The van der Waals surface area contributed by atoms with E-state index in [1.165, 1.54) is 5.56 Å². The van der Waals surface area contributed by atoms with Crippen LogP contribution in [-0.2, 0) is 6.54 Å². The first-order chi connectivity index (χ1) is 6.63. The van der Waals surface area contributed by atoms with Gasteiger partial charge in [-0.15, -0.1) is 0 Å². The zero-order valence-corrected chi connectivity index (χ0v) is 10.5. The molecule has 2 N–H and O–H groups in total. The summed E-state index contributed by atoms with van der Waals surface area (Å²) >= 11 is 9.41. The van der Waals surface area contributed by atoms with E-state index in [1.54, 1.807) is 0 Å². The van der Waals surface area contributed by atoms with Gasteiger partial charge in [-0.25, -0.2) is 0 Å². The Kier molecular flexibility index (Phi) is 4.89. The lowest BCUT2D eigenvalue weighted by Crippen LogP contribution is -2.25. The van der Waals surface area contributed by atoms with Crippen LogP contribution in [0.2, 0.25) is 5.02 Å². The first-order valence-corrected chi connectivity index (χ1v) is 5.63. The summed E-state index contributed by atoms with van der Waals surface area (Å²) in [6.07, 6.45) is 0. The maximum absolute atomic E-state index is 5.91. The van der Waals surface area contributed by atoms with Crippen LogP contribution in [0.3, 0.4) is 0 Å². The van der Waals surface area contributed by atoms with Gasteiger partial charge in [-0.1, -0.05) is 27.5 Å². The molecule has 0 spiro atoms. The number of likely N-dealkylation sites (N-methyl/N-ethyl adjacent to an activating group) is 1. The molecular formula is C10H14BrClN2. The number of benzene rings is 1. The molecule has 0 heterocycles. The van der Waals surface area contributed by atoms with Crippen LogP contribution >= 0.6 is 27.5 Å². The third kappa shape index (κ3) is 3.58. The summed E-state index contributed by atoms with van der Waals surface area (Å²) in [5.41, 5.74) is 6.66. The van der Waals surface area contributed by atoms with Crippen molar-refractivity contribution in [2.45, 2.75) is 6.54 Å². The topological polar surface area (TPSA) is 29.3 Å². The van der Waals surface area contributed by atoms with Crippen LogP contribution in [0.1, 0.15) is 5.56 Å². The fourth-order valence-electron chi connectivity index (χ4n) is 1.25. The van der Waals surface area contributed by atoms with Crippen molar-refractivity contribution in [2.75, 3.05) is 20.1 Å². The number of hydrogen-bond donors (Lipinski definition) is 1. The maximum atomic E-state index is 5.91. The molecule has 0 amide bonds. The number of nitrogens with zero attached hydrogens (tertiary/aromatic N) is 1. The van der Waals surface area contributed by atoms with E-state index >= 15 is 0 Å². The first kappa shape index (κ1) is 12.0. The van der Waals surface area contributed by atoms with Gasteiger partial charge < -0.3 is 10.6 Å². The molecule has 2 nitrogen and oxygen atoms in total. The van der Waals surface area contributed by atoms with Crippen molar-refractivity contribution in [3.63, 3.8) is 0 Å². The van der Waals surface area contributed by atoms with Crippen LogP contribution in [-0.4, -0.2) is 25.0 Å². The zero-order valence-electron chi connectivity index (χ0n) is 8.13. The van der Waals surface area contributed by atoms with Crippen LogP contribution in [0.25, 0.3) is 0 Å². The van der Waals surface area contributed by atoms with Crippen LogP contribution in [0.4, 0.5) is 0 Å². The largest absolute Gasteiger partial charge is 0.329 e. The molecule has 78 valence electrons. The molecule has 0 bridgehead atoms. The Bertz CT molecular complexity index is 304. The minimum Gasteiger partial charge on any atom is -0.329 e. The molecule has 0 atom stereocenters. The first-order valence-electron chi connectivity index (χ1n) is 4.46. The van der Waals surface area contributed by atoms with Gasteiger partial charge in [0.2, 0.25) is 0 Å². The second kappa shape index (κ2) is 5.71. The summed E-state index contributed by atoms with van der Waals surface area (Å²) in [5, 5.41) is 0.768. The summed E-state index contributed by atoms with van der Waals surface area (Å²) in [5.74, 6) is 0. The number of nitrogens with two attached hydrogens (primary N) is 1. The minimum absolute atomic E-state index is 0.675. The van der Waals surface area contributed by atoms with Crippen LogP contribution < -0.4 is 5.73 Å². The molecule has 1 aromatic rings. The molecule has 0 aliphatic heterocycles. The van der Waals surface area contributed by atoms with Crippen molar-refractivity contribution < 1.29 is 0 Å². The minimum atomic E-state index is 0.675. The Labute approximate surface area is 98.2 Å². The lowest BCUT2D eigenvalue weighted by Gasteiger charge is -2.16. The number of rotatable bonds is 4. The molecule has 0 aromatic heterocycles. The van der Waals surface area contributed by atoms with Crippen molar-refractivity contribution >= 4 is 27.5 Å².